The molecule has 0 bridgehead atoms. The van der Waals surface area contributed by atoms with Crippen molar-refractivity contribution in [1.29, 1.82) is 0 Å². The second kappa shape index (κ2) is 6.63. The van der Waals surface area contributed by atoms with Crippen molar-refractivity contribution in [2.24, 2.45) is 28.1 Å². The topological polar surface area (TPSA) is 66.8 Å². The number of fused-ring (bicyclic) bond motifs is 3. The lowest BCUT2D eigenvalue weighted by Gasteiger charge is -2.61. The van der Waals surface area contributed by atoms with E-state index >= 15 is 0 Å². The van der Waals surface area contributed by atoms with E-state index in [0.29, 0.717) is 11.8 Å². The molecule has 0 aromatic rings. The van der Waals surface area contributed by atoms with Crippen LogP contribution in [0.25, 0.3) is 0 Å². The minimum Gasteiger partial charge on any atom is -0.462 e. The summed E-state index contributed by atoms with van der Waals surface area (Å²) in [4.78, 5) is 11.6. The number of ether oxygens (including phenoxy) is 1. The second-order valence-electron chi connectivity index (χ2n) is 10.1. The van der Waals surface area contributed by atoms with E-state index < -0.39 is 6.10 Å². The molecule has 0 aromatic heterocycles. The molecule has 2 saturated carbocycles. The van der Waals surface area contributed by atoms with Crippen LogP contribution in [0.15, 0.2) is 11.6 Å². The summed E-state index contributed by atoms with van der Waals surface area (Å²) in [5, 5.41) is 19.7. The van der Waals surface area contributed by atoms with E-state index in [0.717, 1.165) is 38.5 Å². The molecule has 4 heteroatoms. The van der Waals surface area contributed by atoms with Gasteiger partial charge < -0.3 is 14.9 Å². The van der Waals surface area contributed by atoms with Gasteiger partial charge in [-0.25, -0.2) is 0 Å². The fourth-order valence-corrected chi connectivity index (χ4v) is 6.61. The summed E-state index contributed by atoms with van der Waals surface area (Å²) in [6.45, 7) is 10.4. The van der Waals surface area contributed by atoms with Crippen molar-refractivity contribution >= 4 is 5.97 Å². The van der Waals surface area contributed by atoms with E-state index in [2.05, 4.69) is 33.8 Å². The number of hydrogen-bond acceptors (Lipinski definition) is 4. The van der Waals surface area contributed by atoms with Gasteiger partial charge in [-0.05, 0) is 55.8 Å². The molecule has 3 aliphatic carbocycles. The second-order valence-corrected chi connectivity index (χ2v) is 10.1. The zero-order valence-electron chi connectivity index (χ0n) is 17.0. The van der Waals surface area contributed by atoms with Gasteiger partial charge in [-0.1, -0.05) is 39.3 Å². The van der Waals surface area contributed by atoms with Crippen molar-refractivity contribution in [1.82, 2.24) is 0 Å². The minimum atomic E-state index is -0.683. The summed E-state index contributed by atoms with van der Waals surface area (Å²) in [6, 6.07) is 0. The molecule has 0 unspecified atom stereocenters. The van der Waals surface area contributed by atoms with Crippen LogP contribution in [-0.4, -0.2) is 35.0 Å². The number of aliphatic hydroxyl groups is 2. The molecule has 2 fully saturated rings. The van der Waals surface area contributed by atoms with Crippen LogP contribution in [0.3, 0.4) is 0 Å². The maximum atomic E-state index is 11.6. The standard InChI is InChI=1S/C22H36O4/c1-14(24)26-19-9-11-22(5)16-8-10-21(4,18(25)13-23)12-15(16)6-7-17(22)20(19,2)3/h12,16-19,23,25H,6-11,13H2,1-5H3/t16-,17-,18+,19-,21+,22+/m1/s1. The molecule has 26 heavy (non-hydrogen) atoms. The van der Waals surface area contributed by atoms with Crippen LogP contribution in [0.1, 0.15) is 73.1 Å². The first-order valence-electron chi connectivity index (χ1n) is 10.2. The maximum Gasteiger partial charge on any atom is 0.302 e. The molecule has 0 heterocycles. The first-order valence-corrected chi connectivity index (χ1v) is 10.2. The van der Waals surface area contributed by atoms with Crippen LogP contribution < -0.4 is 0 Å². The average molecular weight is 365 g/mol. The van der Waals surface area contributed by atoms with Gasteiger partial charge in [-0.3, -0.25) is 4.79 Å². The number of esters is 1. The Kier molecular flexibility index (Phi) is 5.07. The monoisotopic (exact) mass is 364 g/mol. The van der Waals surface area contributed by atoms with Crippen molar-refractivity contribution in [2.75, 3.05) is 6.61 Å². The van der Waals surface area contributed by atoms with Crippen LogP contribution in [0.4, 0.5) is 0 Å². The van der Waals surface area contributed by atoms with Gasteiger partial charge in [0.2, 0.25) is 0 Å². The smallest absolute Gasteiger partial charge is 0.302 e. The SMILES string of the molecule is CC(=O)O[C@@H]1CC[C@@]2(C)[C@@H]3CC[C@](C)([C@@H](O)CO)C=C3CC[C@@H]2C1(C)C. The summed E-state index contributed by atoms with van der Waals surface area (Å²) in [7, 11) is 0. The molecule has 3 aliphatic rings. The van der Waals surface area contributed by atoms with Crippen LogP contribution in [0.5, 0.6) is 0 Å². The van der Waals surface area contributed by atoms with E-state index in [1.54, 1.807) is 0 Å². The van der Waals surface area contributed by atoms with Gasteiger partial charge in [-0.15, -0.1) is 0 Å². The molecule has 148 valence electrons. The Labute approximate surface area is 158 Å². The molecule has 0 spiro atoms. The Balaban J connectivity index is 1.89. The van der Waals surface area contributed by atoms with Crippen LogP contribution >= 0.6 is 0 Å². The zero-order chi connectivity index (χ0) is 19.3. The van der Waals surface area contributed by atoms with E-state index in [1.165, 1.54) is 12.5 Å². The maximum absolute atomic E-state index is 11.6. The Morgan fingerprint density at radius 3 is 2.54 bits per heavy atom. The lowest BCUT2D eigenvalue weighted by molar-refractivity contribution is -0.175. The highest BCUT2D eigenvalue weighted by Gasteiger charge is 2.58. The lowest BCUT2D eigenvalue weighted by Crippen LogP contribution is -2.56. The molecule has 0 saturated heterocycles. The van der Waals surface area contributed by atoms with Crippen LogP contribution in [0.2, 0.25) is 0 Å². The van der Waals surface area contributed by atoms with Gasteiger partial charge >= 0.3 is 5.97 Å². The number of hydrogen-bond donors (Lipinski definition) is 2. The first kappa shape index (κ1) is 19.9. The molecular formula is C22H36O4. The highest BCUT2D eigenvalue weighted by Crippen LogP contribution is 2.64. The van der Waals surface area contributed by atoms with Crippen LogP contribution in [0, 0.1) is 28.1 Å². The van der Waals surface area contributed by atoms with Crippen molar-refractivity contribution < 1.29 is 19.7 Å². The molecular weight excluding hydrogens is 328 g/mol. The zero-order valence-corrected chi connectivity index (χ0v) is 17.0. The van der Waals surface area contributed by atoms with Gasteiger partial charge in [0.05, 0.1) is 12.7 Å². The van der Waals surface area contributed by atoms with E-state index in [-0.39, 0.29) is 34.9 Å². The minimum absolute atomic E-state index is 0.00803. The molecule has 0 amide bonds. The number of rotatable bonds is 3. The van der Waals surface area contributed by atoms with Crippen molar-refractivity contribution in [2.45, 2.75) is 85.4 Å². The van der Waals surface area contributed by atoms with Crippen molar-refractivity contribution in [3.63, 3.8) is 0 Å². The molecule has 6 atom stereocenters. The number of carbonyl (C=O) groups excluding carboxylic acids is 1. The third-order valence-corrected chi connectivity index (χ3v) is 8.16. The quantitative estimate of drug-likeness (QED) is 0.590. The Hall–Kier alpha value is -0.870. The van der Waals surface area contributed by atoms with Crippen LogP contribution in [-0.2, 0) is 9.53 Å². The fourth-order valence-electron chi connectivity index (χ4n) is 6.61. The molecule has 0 aromatic carbocycles. The fraction of sp³-hybridized carbons (Fsp3) is 0.864. The van der Waals surface area contributed by atoms with Crippen molar-refractivity contribution in [3.05, 3.63) is 11.6 Å². The van der Waals surface area contributed by atoms with Gasteiger partial charge in [0.15, 0.2) is 0 Å². The molecule has 0 radical (unpaired) electrons. The number of allylic oxidation sites excluding steroid dienone is 1. The first-order chi connectivity index (χ1) is 12.0. The number of aliphatic hydroxyl groups excluding tert-OH is 2. The van der Waals surface area contributed by atoms with Crippen molar-refractivity contribution in [3.8, 4) is 0 Å². The Morgan fingerprint density at radius 1 is 1.23 bits per heavy atom. The summed E-state index contributed by atoms with van der Waals surface area (Å²) in [5.74, 6) is 0.898. The molecule has 4 nitrogen and oxygen atoms in total. The van der Waals surface area contributed by atoms with Gasteiger partial charge in [0, 0.05) is 17.8 Å². The predicted octanol–water partition coefficient (Wildman–Crippen LogP) is 3.85. The van der Waals surface area contributed by atoms with E-state index in [4.69, 9.17) is 4.74 Å². The van der Waals surface area contributed by atoms with E-state index in [9.17, 15) is 15.0 Å². The predicted molar refractivity (Wildman–Crippen MR) is 101 cm³/mol. The molecule has 2 N–H and O–H groups in total. The van der Waals surface area contributed by atoms with E-state index in [1.807, 2.05) is 0 Å². The lowest BCUT2D eigenvalue weighted by atomic mass is 9.45. The van der Waals surface area contributed by atoms with Gasteiger partial charge in [0.1, 0.15) is 6.10 Å². The molecule has 0 aliphatic heterocycles. The summed E-state index contributed by atoms with van der Waals surface area (Å²) >= 11 is 0. The third kappa shape index (κ3) is 3.03. The number of carbonyl (C=O) groups is 1. The average Bonchev–Trinajstić information content (AvgIpc) is 2.56. The summed E-state index contributed by atoms with van der Waals surface area (Å²) < 4.78 is 5.70. The molecule has 3 rings (SSSR count). The summed E-state index contributed by atoms with van der Waals surface area (Å²) in [6.07, 6.45) is 7.77. The Bertz CT molecular complexity index is 595. The van der Waals surface area contributed by atoms with Gasteiger partial charge in [-0.2, -0.15) is 0 Å². The normalized spacial score (nSPS) is 42.9. The highest BCUT2D eigenvalue weighted by atomic mass is 16.5. The van der Waals surface area contributed by atoms with Gasteiger partial charge in [0.25, 0.3) is 0 Å². The summed E-state index contributed by atoms with van der Waals surface area (Å²) in [5.41, 5.74) is 1.37. The highest BCUT2D eigenvalue weighted by molar-refractivity contribution is 5.66. The largest absolute Gasteiger partial charge is 0.462 e. The third-order valence-electron chi connectivity index (χ3n) is 8.16. The Morgan fingerprint density at radius 2 is 1.92 bits per heavy atom.